The molecule has 0 amide bonds. The van der Waals surface area contributed by atoms with Crippen molar-refractivity contribution < 1.29 is 13.3 Å². The predicted molar refractivity (Wildman–Crippen MR) is 255 cm³/mol. The van der Waals surface area contributed by atoms with Crippen LogP contribution in [0.3, 0.4) is 0 Å². The second-order valence-electron chi connectivity index (χ2n) is 16.3. The molecule has 61 heavy (non-hydrogen) atoms. The Morgan fingerprint density at radius 3 is 1.80 bits per heavy atom. The quantitative estimate of drug-likeness (QED) is 0.150. The van der Waals surface area contributed by atoms with Crippen molar-refractivity contribution in [1.29, 1.82) is 0 Å². The molecule has 0 aliphatic heterocycles. The third-order valence-corrected chi connectivity index (χ3v) is 11.6. The molecule has 9 rings (SSSR count). The summed E-state index contributed by atoms with van der Waals surface area (Å²) in [6.07, 6.45) is 1.85. The number of rotatable bonds is 10. The van der Waals surface area contributed by atoms with Gasteiger partial charge in [0.1, 0.15) is 11.6 Å². The molecule has 0 unspecified atom stereocenters. The Labute approximate surface area is 368 Å². The van der Waals surface area contributed by atoms with Crippen LogP contribution in [0.1, 0.15) is 84.1 Å². The molecule has 2 aromatic heterocycles. The number of para-hydroxylation sites is 1. The number of fused-ring (bicyclic) bond motifs is 1. The molecule has 1 N–H and O–H groups in total. The minimum absolute atomic E-state index is 0.00477. The molecular formula is C57H51N3O. The molecule has 0 saturated carbocycles. The van der Waals surface area contributed by atoms with Gasteiger partial charge < -0.3 is 5.11 Å². The Morgan fingerprint density at radius 2 is 1.13 bits per heavy atom. The Bertz CT molecular complexity index is 3220. The standard InChI is InChI=1S/C57H51N3O/c1-36(2)42-25-26-53(50(32-42)41-21-14-9-15-22-41)60-54-24-16-23-48(55(54)59-57(60)51-34-44(37(3)4)33-49(38(5)6)56(51)61)46-29-45(40-19-12-8-13-20-40)30-47(31-46)52-35-43(27-28-58-52)39-17-10-7-11-18-39/h7-38,61H,1-6H3/i1D3,2D3. The van der Waals surface area contributed by atoms with Crippen LogP contribution in [-0.2, 0) is 0 Å². The molecule has 4 heteroatoms. The van der Waals surface area contributed by atoms with Gasteiger partial charge in [-0.2, -0.15) is 0 Å². The third-order valence-electron chi connectivity index (χ3n) is 11.6. The predicted octanol–water partition coefficient (Wildman–Crippen LogP) is 15.5. The average molecular weight is 800 g/mol. The zero-order valence-corrected chi connectivity index (χ0v) is 34.8. The summed E-state index contributed by atoms with van der Waals surface area (Å²) in [6.45, 7) is 2.77. The lowest BCUT2D eigenvalue weighted by atomic mass is 9.91. The highest BCUT2D eigenvalue weighted by molar-refractivity contribution is 5.98. The Morgan fingerprint density at radius 1 is 0.492 bits per heavy atom. The average Bonchev–Trinajstić information content (AvgIpc) is 3.70. The summed E-state index contributed by atoms with van der Waals surface area (Å²) < 4.78 is 52.2. The van der Waals surface area contributed by atoms with Gasteiger partial charge in [0, 0.05) is 31.1 Å². The molecule has 7 aromatic carbocycles. The van der Waals surface area contributed by atoms with Gasteiger partial charge in [0.15, 0.2) is 0 Å². The maximum absolute atomic E-state index is 12.3. The van der Waals surface area contributed by atoms with Crippen LogP contribution in [0, 0.1) is 0 Å². The van der Waals surface area contributed by atoms with E-state index in [1.165, 1.54) is 0 Å². The lowest BCUT2D eigenvalue weighted by Gasteiger charge is -2.20. The zero-order valence-electron chi connectivity index (χ0n) is 40.8. The van der Waals surface area contributed by atoms with Crippen molar-refractivity contribution in [2.24, 2.45) is 0 Å². The maximum Gasteiger partial charge on any atom is 0.149 e. The van der Waals surface area contributed by atoms with E-state index in [4.69, 9.17) is 18.2 Å². The summed E-state index contributed by atoms with van der Waals surface area (Å²) in [5.41, 5.74) is 13.7. The van der Waals surface area contributed by atoms with Crippen LogP contribution >= 0.6 is 0 Å². The maximum atomic E-state index is 12.3. The Kier molecular flexibility index (Phi) is 8.89. The van der Waals surface area contributed by atoms with Crippen LogP contribution in [0.5, 0.6) is 5.75 Å². The lowest BCUT2D eigenvalue weighted by Crippen LogP contribution is -2.04. The molecule has 0 fully saturated rings. The minimum Gasteiger partial charge on any atom is -0.507 e. The molecule has 4 nitrogen and oxygen atoms in total. The van der Waals surface area contributed by atoms with Crippen molar-refractivity contribution in [3.63, 3.8) is 0 Å². The topological polar surface area (TPSA) is 50.9 Å². The SMILES string of the molecule is [2H]C([2H])([2H])C(c1ccc(-n2c(-c3cc(C(C)C)cc(C(C)C)c3O)nc3c(-c4cc(-c5ccccc5)cc(-c5cc(-c6ccccc6)ccn5)c4)cccc32)c(-c2ccccc2)c1)C([2H])([2H])[2H]. The van der Waals surface area contributed by atoms with Gasteiger partial charge in [0.25, 0.3) is 0 Å². The molecule has 300 valence electrons. The number of benzene rings is 7. The van der Waals surface area contributed by atoms with Gasteiger partial charge in [0.2, 0.25) is 0 Å². The number of phenols is 1. The monoisotopic (exact) mass is 799 g/mol. The Hall–Kier alpha value is -7.04. The van der Waals surface area contributed by atoms with Gasteiger partial charge in [0.05, 0.1) is 28.0 Å². The minimum atomic E-state index is -2.80. The van der Waals surface area contributed by atoms with E-state index in [1.807, 2.05) is 102 Å². The number of nitrogens with zero attached hydrogens (tertiary/aromatic N) is 3. The summed E-state index contributed by atoms with van der Waals surface area (Å²) >= 11 is 0. The first-order valence-electron chi connectivity index (χ1n) is 23.9. The van der Waals surface area contributed by atoms with E-state index in [9.17, 15) is 5.11 Å². The second kappa shape index (κ2) is 16.5. The molecule has 0 bridgehead atoms. The van der Waals surface area contributed by atoms with Crippen LogP contribution in [0.15, 0.2) is 176 Å². The number of pyridine rings is 1. The second-order valence-corrected chi connectivity index (χ2v) is 16.3. The van der Waals surface area contributed by atoms with Gasteiger partial charge in [-0.25, -0.2) is 4.98 Å². The summed E-state index contributed by atoms with van der Waals surface area (Å²) in [6, 6.07) is 56.0. The van der Waals surface area contributed by atoms with Crippen molar-refractivity contribution in [3.8, 4) is 78.6 Å². The molecule has 0 atom stereocenters. The van der Waals surface area contributed by atoms with Gasteiger partial charge in [-0.3, -0.25) is 9.55 Å². The number of aromatic hydroxyl groups is 1. The largest absolute Gasteiger partial charge is 0.507 e. The molecule has 0 radical (unpaired) electrons. The van der Waals surface area contributed by atoms with E-state index in [0.29, 0.717) is 28.2 Å². The van der Waals surface area contributed by atoms with Crippen molar-refractivity contribution in [2.45, 2.75) is 59.2 Å². The van der Waals surface area contributed by atoms with Crippen LogP contribution in [0.2, 0.25) is 0 Å². The van der Waals surface area contributed by atoms with E-state index >= 15 is 0 Å². The first-order valence-corrected chi connectivity index (χ1v) is 20.9. The van der Waals surface area contributed by atoms with Crippen molar-refractivity contribution in [3.05, 3.63) is 193 Å². The van der Waals surface area contributed by atoms with Crippen molar-refractivity contribution in [2.75, 3.05) is 0 Å². The highest BCUT2D eigenvalue weighted by Crippen LogP contribution is 2.44. The number of phenolic OH excluding ortho intramolecular Hbond substituents is 1. The summed E-state index contributed by atoms with van der Waals surface area (Å²) in [7, 11) is 0. The van der Waals surface area contributed by atoms with Gasteiger partial charge in [-0.05, 0) is 122 Å². The van der Waals surface area contributed by atoms with Crippen LogP contribution < -0.4 is 0 Å². The van der Waals surface area contributed by atoms with E-state index in [2.05, 4.69) is 88.4 Å². The molecular weight excluding hydrogens is 743 g/mol. The smallest absolute Gasteiger partial charge is 0.149 e. The van der Waals surface area contributed by atoms with E-state index in [0.717, 1.165) is 66.8 Å². The number of imidazole rings is 1. The fourth-order valence-electron chi connectivity index (χ4n) is 8.28. The number of aromatic nitrogens is 3. The molecule has 0 aliphatic rings. The third kappa shape index (κ3) is 7.66. The zero-order chi connectivity index (χ0) is 47.2. The van der Waals surface area contributed by atoms with Gasteiger partial charge in [-0.1, -0.05) is 157 Å². The lowest BCUT2D eigenvalue weighted by molar-refractivity contribution is 0.466. The Balaban J connectivity index is 1.36. The first kappa shape index (κ1) is 32.8. The molecule has 0 saturated heterocycles. The number of hydrogen-bond donors (Lipinski definition) is 1. The summed E-state index contributed by atoms with van der Waals surface area (Å²) in [4.78, 5) is 10.4. The normalized spacial score (nSPS) is 13.5. The highest BCUT2D eigenvalue weighted by Gasteiger charge is 2.25. The first-order chi connectivity index (χ1) is 32.1. The highest BCUT2D eigenvalue weighted by atomic mass is 16.3. The fourth-order valence-corrected chi connectivity index (χ4v) is 8.28. The molecule has 2 heterocycles. The van der Waals surface area contributed by atoms with Crippen LogP contribution in [-0.4, -0.2) is 19.6 Å². The van der Waals surface area contributed by atoms with Crippen LogP contribution in [0.25, 0.3) is 83.9 Å². The molecule has 0 aliphatic carbocycles. The van der Waals surface area contributed by atoms with Gasteiger partial charge >= 0.3 is 0 Å². The number of hydrogen-bond acceptors (Lipinski definition) is 3. The van der Waals surface area contributed by atoms with Crippen molar-refractivity contribution >= 4 is 11.0 Å². The van der Waals surface area contributed by atoms with Crippen molar-refractivity contribution in [1.82, 2.24) is 14.5 Å². The van der Waals surface area contributed by atoms with E-state index < -0.39 is 19.6 Å². The molecule has 0 spiro atoms. The van der Waals surface area contributed by atoms with E-state index in [-0.39, 0.29) is 23.1 Å². The van der Waals surface area contributed by atoms with E-state index in [1.54, 1.807) is 18.2 Å². The summed E-state index contributed by atoms with van der Waals surface area (Å²) in [5, 5.41) is 12.3. The fraction of sp³-hybridized carbons (Fsp3) is 0.158. The molecule has 9 aromatic rings. The van der Waals surface area contributed by atoms with Crippen LogP contribution in [0.4, 0.5) is 0 Å². The summed E-state index contributed by atoms with van der Waals surface area (Å²) in [5.74, 6) is -0.993. The van der Waals surface area contributed by atoms with Gasteiger partial charge in [-0.15, -0.1) is 0 Å².